The molecule has 2 amide bonds. The Morgan fingerprint density at radius 2 is 1.40 bits per heavy atom. The van der Waals surface area contributed by atoms with E-state index in [9.17, 15) is 49.8 Å². The molecule has 0 aliphatic carbocycles. The summed E-state index contributed by atoms with van der Waals surface area (Å²) in [5.74, 6) is -1.23. The number of aliphatic hydroxyl groups is 6. The van der Waals surface area contributed by atoms with Crippen molar-refractivity contribution in [3.8, 4) is 0 Å². The van der Waals surface area contributed by atoms with Crippen molar-refractivity contribution in [1.82, 2.24) is 10.6 Å². The fourth-order valence-corrected chi connectivity index (χ4v) is 4.86. The van der Waals surface area contributed by atoms with Crippen LogP contribution < -0.4 is 10.6 Å². The van der Waals surface area contributed by atoms with Crippen LogP contribution in [0.15, 0.2) is 0 Å². The molecule has 2 aliphatic rings. The van der Waals surface area contributed by atoms with Crippen molar-refractivity contribution >= 4 is 23.4 Å². The largest absolute Gasteiger partial charge is 0.394 e. The summed E-state index contributed by atoms with van der Waals surface area (Å²) in [7, 11) is 0. The van der Waals surface area contributed by atoms with E-state index >= 15 is 0 Å². The third kappa shape index (κ3) is 12.9. The maximum Gasteiger partial charge on any atom is 0.220 e. The summed E-state index contributed by atoms with van der Waals surface area (Å²) in [5, 5.41) is 63.9. The smallest absolute Gasteiger partial charge is 0.220 e. The average molecular weight is 651 g/mol. The van der Waals surface area contributed by atoms with Crippen molar-refractivity contribution in [2.24, 2.45) is 0 Å². The van der Waals surface area contributed by atoms with Gasteiger partial charge in [0.05, 0.1) is 12.6 Å². The Morgan fingerprint density at radius 1 is 0.800 bits per heavy atom. The van der Waals surface area contributed by atoms with Crippen LogP contribution in [0.4, 0.5) is 0 Å². The van der Waals surface area contributed by atoms with Gasteiger partial charge in [-0.15, -0.1) is 0 Å². The first-order chi connectivity index (χ1) is 21.4. The minimum absolute atomic E-state index is 0.0959. The van der Waals surface area contributed by atoms with Gasteiger partial charge in [0, 0.05) is 32.6 Å². The third-order valence-electron chi connectivity index (χ3n) is 7.71. The first kappa shape index (κ1) is 39.1. The highest BCUT2D eigenvalue weighted by atomic mass is 16.7. The molecule has 0 spiro atoms. The molecular formula is C29H50N2O14. The molecule has 260 valence electrons. The van der Waals surface area contributed by atoms with Crippen LogP contribution in [0, 0.1) is 0 Å². The Bertz CT molecular complexity index is 937. The van der Waals surface area contributed by atoms with E-state index in [0.717, 1.165) is 0 Å². The molecule has 2 saturated heterocycles. The first-order valence-corrected chi connectivity index (χ1v) is 15.5. The molecule has 45 heavy (non-hydrogen) atoms. The van der Waals surface area contributed by atoms with Gasteiger partial charge in [0.15, 0.2) is 24.1 Å². The predicted molar refractivity (Wildman–Crippen MR) is 154 cm³/mol. The van der Waals surface area contributed by atoms with E-state index in [0.29, 0.717) is 51.5 Å². The number of nitrogens with one attached hydrogen (secondary N) is 2. The maximum absolute atomic E-state index is 12.3. The lowest BCUT2D eigenvalue weighted by Crippen LogP contribution is -2.59. The molecule has 0 aromatic carbocycles. The Kier molecular flexibility index (Phi) is 17.5. The Balaban J connectivity index is 1.51. The lowest BCUT2D eigenvalue weighted by Gasteiger charge is -2.39. The van der Waals surface area contributed by atoms with Crippen LogP contribution in [0.25, 0.3) is 0 Å². The van der Waals surface area contributed by atoms with Gasteiger partial charge in [-0.1, -0.05) is 0 Å². The van der Waals surface area contributed by atoms with Crippen LogP contribution in [0.3, 0.4) is 0 Å². The van der Waals surface area contributed by atoms with Crippen molar-refractivity contribution in [3.05, 3.63) is 0 Å². The van der Waals surface area contributed by atoms with Crippen molar-refractivity contribution in [1.29, 1.82) is 0 Å². The normalized spacial score (nSPS) is 30.9. The van der Waals surface area contributed by atoms with Crippen molar-refractivity contribution in [2.45, 2.75) is 133 Å². The van der Waals surface area contributed by atoms with E-state index in [1.165, 1.54) is 13.8 Å². The van der Waals surface area contributed by atoms with E-state index < -0.39 is 73.7 Å². The maximum atomic E-state index is 12.3. The summed E-state index contributed by atoms with van der Waals surface area (Å²) in [6, 6.07) is -0.646. The minimum Gasteiger partial charge on any atom is -0.394 e. The van der Waals surface area contributed by atoms with Crippen LogP contribution in [0.2, 0.25) is 0 Å². The van der Waals surface area contributed by atoms with Crippen LogP contribution in [-0.2, 0) is 38.1 Å². The van der Waals surface area contributed by atoms with E-state index in [2.05, 4.69) is 10.6 Å². The zero-order valence-corrected chi connectivity index (χ0v) is 25.9. The van der Waals surface area contributed by atoms with Gasteiger partial charge in [-0.05, 0) is 58.8 Å². The van der Waals surface area contributed by atoms with Gasteiger partial charge in [0.1, 0.15) is 42.7 Å². The highest BCUT2D eigenvalue weighted by Crippen LogP contribution is 2.22. The molecule has 10 atom stereocenters. The summed E-state index contributed by atoms with van der Waals surface area (Å²) in [4.78, 5) is 48.0. The quantitative estimate of drug-likeness (QED) is 0.0638. The zero-order valence-electron chi connectivity index (χ0n) is 25.9. The lowest BCUT2D eigenvalue weighted by atomic mass is 9.99. The fourth-order valence-electron chi connectivity index (χ4n) is 4.86. The predicted octanol–water partition coefficient (Wildman–Crippen LogP) is -2.44. The van der Waals surface area contributed by atoms with Gasteiger partial charge >= 0.3 is 0 Å². The van der Waals surface area contributed by atoms with Crippen LogP contribution in [-0.4, -0.2) is 142 Å². The van der Waals surface area contributed by atoms with Gasteiger partial charge in [0.25, 0.3) is 0 Å². The first-order valence-electron chi connectivity index (χ1n) is 15.5. The second kappa shape index (κ2) is 20.2. The zero-order chi connectivity index (χ0) is 33.5. The molecular weight excluding hydrogens is 600 g/mol. The average Bonchev–Trinajstić information content (AvgIpc) is 3.00. The summed E-state index contributed by atoms with van der Waals surface area (Å²) >= 11 is 0. The van der Waals surface area contributed by atoms with Gasteiger partial charge < -0.3 is 60.2 Å². The van der Waals surface area contributed by atoms with E-state index in [4.69, 9.17) is 18.9 Å². The van der Waals surface area contributed by atoms with Crippen molar-refractivity contribution < 1.29 is 68.8 Å². The molecule has 0 radical (unpaired) electrons. The second-order valence-electron chi connectivity index (χ2n) is 11.4. The number of ketones is 2. The van der Waals surface area contributed by atoms with E-state index in [1.807, 2.05) is 0 Å². The van der Waals surface area contributed by atoms with Crippen LogP contribution >= 0.6 is 0 Å². The highest BCUT2D eigenvalue weighted by molar-refractivity contribution is 5.88. The van der Waals surface area contributed by atoms with E-state index in [1.54, 1.807) is 0 Å². The number of unbranched alkanes of at least 4 members (excludes halogenated alkanes) is 3. The van der Waals surface area contributed by atoms with Crippen molar-refractivity contribution in [2.75, 3.05) is 26.4 Å². The molecule has 0 bridgehead atoms. The molecule has 2 heterocycles. The molecule has 8 N–H and O–H groups in total. The molecule has 16 heteroatoms. The molecule has 0 aromatic rings. The number of hydrogen-bond acceptors (Lipinski definition) is 14. The second-order valence-corrected chi connectivity index (χ2v) is 11.4. The minimum atomic E-state index is -1.56. The summed E-state index contributed by atoms with van der Waals surface area (Å²) < 4.78 is 21.3. The number of carbonyl (C=O) groups is 4. The number of carbonyl (C=O) groups excluding carboxylic acids is 4. The number of ether oxygens (including phenoxy) is 4. The number of amides is 2. The SMILES string of the molecule is CC(=O)[C@@H](CCCCNC(=O)CCCCOC1OC(C)C(=O)C(O)C1O)NC(=O)CCCCOC1OC(CO)C(O)C(O)C1O. The van der Waals surface area contributed by atoms with Crippen LogP contribution in [0.5, 0.6) is 0 Å². The molecule has 0 saturated carbocycles. The third-order valence-corrected chi connectivity index (χ3v) is 7.71. The van der Waals surface area contributed by atoms with Gasteiger partial charge in [-0.2, -0.15) is 0 Å². The molecule has 2 rings (SSSR count). The monoisotopic (exact) mass is 650 g/mol. The molecule has 2 fully saturated rings. The van der Waals surface area contributed by atoms with Gasteiger partial charge in [-0.3, -0.25) is 19.2 Å². The lowest BCUT2D eigenvalue weighted by molar-refractivity contribution is -0.301. The Hall–Kier alpha value is -2.12. The van der Waals surface area contributed by atoms with Gasteiger partial charge in [-0.25, -0.2) is 0 Å². The summed E-state index contributed by atoms with van der Waals surface area (Å²) in [6.07, 6.45) is -7.90. The number of rotatable bonds is 20. The number of hydrogen-bond donors (Lipinski definition) is 8. The fraction of sp³-hybridized carbons (Fsp3) is 0.862. The van der Waals surface area contributed by atoms with E-state index in [-0.39, 0.29) is 43.7 Å². The summed E-state index contributed by atoms with van der Waals surface area (Å²) in [5.41, 5.74) is 0. The number of aliphatic hydroxyl groups excluding tert-OH is 6. The van der Waals surface area contributed by atoms with Gasteiger partial charge in [0.2, 0.25) is 11.8 Å². The molecule has 0 aromatic heterocycles. The standard InChI is InChI=1S/C29H50N2O14/c1-16(33)18(31-21(35)11-5-8-14-43-29-27(41)25(39)23(37)19(15-32)45-29)9-3-6-12-30-20(34)10-4-7-13-42-28-26(40)24(38)22(36)17(2)44-28/h17-19,23-29,32,37-41H,3-15H2,1-2H3,(H,30,34)(H,31,35)/t17?,18-,19?,23?,24?,25?,26?,27?,28?,29?/m1/s1. The topological polar surface area (TPSA) is 251 Å². The highest BCUT2D eigenvalue weighted by Gasteiger charge is 2.44. The summed E-state index contributed by atoms with van der Waals surface area (Å²) in [6.45, 7) is 2.99. The Labute approximate surface area is 262 Å². The van der Waals surface area contributed by atoms with Crippen molar-refractivity contribution in [3.63, 3.8) is 0 Å². The van der Waals surface area contributed by atoms with Crippen LogP contribution in [0.1, 0.15) is 71.6 Å². The molecule has 2 aliphatic heterocycles. The molecule has 16 nitrogen and oxygen atoms in total. The Morgan fingerprint density at radius 3 is 2.00 bits per heavy atom. The molecule has 9 unspecified atom stereocenters. The number of Topliss-reactive ketones (excluding diaryl/α,β-unsaturated/α-hetero) is 2.